The van der Waals surface area contributed by atoms with E-state index in [0.29, 0.717) is 12.5 Å². The number of esters is 1. The van der Waals surface area contributed by atoms with Crippen molar-refractivity contribution in [2.75, 3.05) is 6.61 Å². The van der Waals surface area contributed by atoms with Gasteiger partial charge in [-0.3, -0.25) is 4.79 Å². The van der Waals surface area contributed by atoms with E-state index in [2.05, 4.69) is 0 Å². The van der Waals surface area contributed by atoms with Crippen LogP contribution in [0.4, 0.5) is 0 Å². The molecule has 0 amide bonds. The second-order valence-electron chi connectivity index (χ2n) is 4.40. The first kappa shape index (κ1) is 12.5. The SMILES string of the molecule is CCOC(=O)CC(O)CC1CCCCC1. The summed E-state index contributed by atoms with van der Waals surface area (Å²) in [5.41, 5.74) is 0. The fourth-order valence-electron chi connectivity index (χ4n) is 2.30. The molecule has 1 aliphatic rings. The molecule has 0 aromatic rings. The van der Waals surface area contributed by atoms with Crippen molar-refractivity contribution in [2.24, 2.45) is 5.92 Å². The number of ether oxygens (including phenoxy) is 1. The Morgan fingerprint density at radius 2 is 2.07 bits per heavy atom. The number of hydrogen-bond donors (Lipinski definition) is 1. The molecular formula is C12H22O3. The van der Waals surface area contributed by atoms with Crippen LogP contribution in [-0.2, 0) is 9.53 Å². The Kier molecular flexibility index (Phi) is 5.69. The Balaban J connectivity index is 2.16. The monoisotopic (exact) mass is 214 g/mol. The lowest BCUT2D eigenvalue weighted by molar-refractivity contribution is -0.145. The first-order valence-electron chi connectivity index (χ1n) is 6.06. The second-order valence-corrected chi connectivity index (χ2v) is 4.40. The van der Waals surface area contributed by atoms with E-state index in [1.807, 2.05) is 0 Å². The predicted octanol–water partition coefficient (Wildman–Crippen LogP) is 2.27. The lowest BCUT2D eigenvalue weighted by Gasteiger charge is -2.23. The molecule has 1 fully saturated rings. The summed E-state index contributed by atoms with van der Waals surface area (Å²) in [5, 5.41) is 9.70. The van der Waals surface area contributed by atoms with Crippen molar-refractivity contribution in [2.45, 2.75) is 58.0 Å². The zero-order chi connectivity index (χ0) is 11.1. The molecule has 1 saturated carbocycles. The fourth-order valence-corrected chi connectivity index (χ4v) is 2.30. The number of aliphatic hydroxyl groups is 1. The molecule has 1 aliphatic carbocycles. The van der Waals surface area contributed by atoms with E-state index in [-0.39, 0.29) is 12.4 Å². The first-order valence-corrected chi connectivity index (χ1v) is 6.06. The van der Waals surface area contributed by atoms with Crippen molar-refractivity contribution in [3.05, 3.63) is 0 Å². The highest BCUT2D eigenvalue weighted by Crippen LogP contribution is 2.27. The molecule has 0 spiro atoms. The normalized spacial score (nSPS) is 19.9. The quantitative estimate of drug-likeness (QED) is 0.714. The van der Waals surface area contributed by atoms with Crippen LogP contribution in [-0.4, -0.2) is 23.8 Å². The van der Waals surface area contributed by atoms with Gasteiger partial charge in [-0.25, -0.2) is 0 Å². The van der Waals surface area contributed by atoms with E-state index in [4.69, 9.17) is 4.74 Å². The van der Waals surface area contributed by atoms with Gasteiger partial charge in [-0.1, -0.05) is 32.1 Å². The molecule has 0 radical (unpaired) electrons. The van der Waals surface area contributed by atoms with Gasteiger partial charge >= 0.3 is 5.97 Å². The molecule has 15 heavy (non-hydrogen) atoms. The molecular weight excluding hydrogens is 192 g/mol. The van der Waals surface area contributed by atoms with Crippen molar-refractivity contribution in [3.8, 4) is 0 Å². The van der Waals surface area contributed by atoms with Gasteiger partial charge in [-0.2, -0.15) is 0 Å². The fraction of sp³-hybridized carbons (Fsp3) is 0.917. The molecule has 88 valence electrons. The Morgan fingerprint density at radius 3 is 2.67 bits per heavy atom. The summed E-state index contributed by atoms with van der Waals surface area (Å²) >= 11 is 0. The molecule has 0 saturated heterocycles. The van der Waals surface area contributed by atoms with E-state index < -0.39 is 6.10 Å². The number of hydrogen-bond acceptors (Lipinski definition) is 3. The highest BCUT2D eigenvalue weighted by atomic mass is 16.5. The molecule has 3 nitrogen and oxygen atoms in total. The topological polar surface area (TPSA) is 46.5 Å². The third-order valence-corrected chi connectivity index (χ3v) is 3.04. The second kappa shape index (κ2) is 6.83. The van der Waals surface area contributed by atoms with Gasteiger partial charge in [-0.05, 0) is 19.3 Å². The molecule has 0 bridgehead atoms. The van der Waals surface area contributed by atoms with Gasteiger partial charge < -0.3 is 9.84 Å². The van der Waals surface area contributed by atoms with E-state index >= 15 is 0 Å². The van der Waals surface area contributed by atoms with Crippen LogP contribution in [0, 0.1) is 5.92 Å². The number of aliphatic hydroxyl groups excluding tert-OH is 1. The number of carbonyl (C=O) groups excluding carboxylic acids is 1. The Labute approximate surface area is 91.8 Å². The lowest BCUT2D eigenvalue weighted by Crippen LogP contribution is -2.20. The Morgan fingerprint density at radius 1 is 1.40 bits per heavy atom. The molecule has 3 heteroatoms. The summed E-state index contributed by atoms with van der Waals surface area (Å²) in [6, 6.07) is 0. The van der Waals surface area contributed by atoms with Crippen LogP contribution in [0.2, 0.25) is 0 Å². The zero-order valence-corrected chi connectivity index (χ0v) is 9.58. The molecule has 0 heterocycles. The van der Waals surface area contributed by atoms with Gasteiger partial charge in [0.05, 0.1) is 19.1 Å². The van der Waals surface area contributed by atoms with E-state index in [1.54, 1.807) is 6.92 Å². The maximum Gasteiger partial charge on any atom is 0.308 e. The van der Waals surface area contributed by atoms with Crippen molar-refractivity contribution >= 4 is 5.97 Å². The van der Waals surface area contributed by atoms with E-state index in [0.717, 1.165) is 6.42 Å². The molecule has 1 N–H and O–H groups in total. The summed E-state index contributed by atoms with van der Waals surface area (Å²) in [6.07, 6.45) is 6.70. The summed E-state index contributed by atoms with van der Waals surface area (Å²) in [5.74, 6) is 0.337. The minimum absolute atomic E-state index is 0.157. The minimum atomic E-state index is -0.507. The van der Waals surface area contributed by atoms with Gasteiger partial charge in [0.1, 0.15) is 0 Å². The molecule has 0 aliphatic heterocycles. The Bertz CT molecular complexity index is 185. The van der Waals surface area contributed by atoms with Gasteiger partial charge in [0, 0.05) is 0 Å². The van der Waals surface area contributed by atoms with E-state index in [9.17, 15) is 9.90 Å². The summed E-state index contributed by atoms with van der Waals surface area (Å²) < 4.78 is 4.80. The average Bonchev–Trinajstić information content (AvgIpc) is 2.19. The molecule has 1 rings (SSSR count). The maximum atomic E-state index is 11.1. The van der Waals surface area contributed by atoms with Crippen LogP contribution in [0.25, 0.3) is 0 Å². The van der Waals surface area contributed by atoms with Crippen molar-refractivity contribution in [1.29, 1.82) is 0 Å². The predicted molar refractivity (Wildman–Crippen MR) is 58.4 cm³/mol. The molecule has 1 atom stereocenters. The Hall–Kier alpha value is -0.570. The number of rotatable bonds is 5. The van der Waals surface area contributed by atoms with Crippen molar-refractivity contribution in [1.82, 2.24) is 0 Å². The van der Waals surface area contributed by atoms with E-state index in [1.165, 1.54) is 32.1 Å². The minimum Gasteiger partial charge on any atom is -0.466 e. The first-order chi connectivity index (χ1) is 7.22. The van der Waals surface area contributed by atoms with Gasteiger partial charge in [-0.15, -0.1) is 0 Å². The highest BCUT2D eigenvalue weighted by molar-refractivity contribution is 5.69. The number of carbonyl (C=O) groups is 1. The summed E-state index contributed by atoms with van der Waals surface area (Å²) in [6.45, 7) is 2.18. The molecule has 1 unspecified atom stereocenters. The smallest absolute Gasteiger partial charge is 0.308 e. The summed E-state index contributed by atoms with van der Waals surface area (Å²) in [7, 11) is 0. The third-order valence-electron chi connectivity index (χ3n) is 3.04. The molecule has 0 aromatic heterocycles. The largest absolute Gasteiger partial charge is 0.466 e. The van der Waals surface area contributed by atoms with Gasteiger partial charge in [0.2, 0.25) is 0 Å². The third kappa shape index (κ3) is 5.17. The van der Waals surface area contributed by atoms with Crippen molar-refractivity contribution in [3.63, 3.8) is 0 Å². The van der Waals surface area contributed by atoms with Crippen LogP contribution in [0.5, 0.6) is 0 Å². The van der Waals surface area contributed by atoms with Crippen LogP contribution < -0.4 is 0 Å². The van der Waals surface area contributed by atoms with Gasteiger partial charge in [0.25, 0.3) is 0 Å². The maximum absolute atomic E-state index is 11.1. The lowest BCUT2D eigenvalue weighted by atomic mass is 9.85. The van der Waals surface area contributed by atoms with Crippen LogP contribution in [0.3, 0.4) is 0 Å². The molecule has 0 aromatic carbocycles. The highest BCUT2D eigenvalue weighted by Gasteiger charge is 2.19. The van der Waals surface area contributed by atoms with Crippen LogP contribution in [0.1, 0.15) is 51.9 Å². The van der Waals surface area contributed by atoms with Crippen molar-refractivity contribution < 1.29 is 14.6 Å². The standard InChI is InChI=1S/C12H22O3/c1-2-15-12(14)9-11(13)8-10-6-4-3-5-7-10/h10-11,13H,2-9H2,1H3. The summed E-state index contributed by atoms with van der Waals surface area (Å²) in [4.78, 5) is 11.1. The van der Waals surface area contributed by atoms with Crippen LogP contribution in [0.15, 0.2) is 0 Å². The van der Waals surface area contributed by atoms with Gasteiger partial charge in [0.15, 0.2) is 0 Å². The average molecular weight is 214 g/mol. The van der Waals surface area contributed by atoms with Crippen LogP contribution >= 0.6 is 0 Å². The zero-order valence-electron chi connectivity index (χ0n) is 9.58.